The summed E-state index contributed by atoms with van der Waals surface area (Å²) in [7, 11) is 0. The first-order valence-corrected chi connectivity index (χ1v) is 5.00. The summed E-state index contributed by atoms with van der Waals surface area (Å²) >= 11 is 7.40. The average Bonchev–Trinajstić information content (AvgIpc) is 2.14. The lowest BCUT2D eigenvalue weighted by Gasteiger charge is -2.04. The van der Waals surface area contributed by atoms with Crippen molar-refractivity contribution >= 4 is 34.2 Å². The van der Waals surface area contributed by atoms with Gasteiger partial charge in [-0.25, -0.2) is 4.98 Å². The Labute approximate surface area is 93.1 Å². The van der Waals surface area contributed by atoms with E-state index in [1.54, 1.807) is 0 Å². The summed E-state index contributed by atoms with van der Waals surface area (Å²) in [5, 5.41) is 8.70. The predicted molar refractivity (Wildman–Crippen MR) is 56.6 cm³/mol. The number of hydrogen-bond donors (Lipinski definition) is 1. The van der Waals surface area contributed by atoms with Gasteiger partial charge in [0.25, 0.3) is 5.56 Å². The molecule has 0 spiro atoms. The second-order valence-electron chi connectivity index (χ2n) is 2.27. The second kappa shape index (κ2) is 4.58. The van der Waals surface area contributed by atoms with Gasteiger partial charge < -0.3 is 4.98 Å². The lowest BCUT2D eigenvalue weighted by molar-refractivity contribution is 0.886. The summed E-state index contributed by atoms with van der Waals surface area (Å²) in [5.74, 6) is -0.376. The van der Waals surface area contributed by atoms with Gasteiger partial charge in [0.15, 0.2) is 0 Å². The maximum absolute atomic E-state index is 11.1. The fourth-order valence-electron chi connectivity index (χ4n) is 0.808. The van der Waals surface area contributed by atoms with Gasteiger partial charge in [-0.15, -0.1) is 11.6 Å². The lowest BCUT2D eigenvalue weighted by atomic mass is 10.1. The van der Waals surface area contributed by atoms with Crippen LogP contribution in [0.2, 0.25) is 0 Å². The minimum Gasteiger partial charge on any atom is -0.312 e. The molecule has 68 valence electrons. The van der Waals surface area contributed by atoms with E-state index in [9.17, 15) is 4.79 Å². The molecule has 0 aromatic carbocycles. The molecule has 6 heteroatoms. The summed E-state index contributed by atoms with van der Waals surface area (Å²) in [4.78, 5) is 17.4. The van der Waals surface area contributed by atoms with Gasteiger partial charge in [-0.3, -0.25) is 4.79 Å². The highest BCUT2D eigenvalue weighted by atomic mass is 127. The van der Waals surface area contributed by atoms with Crippen LogP contribution in [0.4, 0.5) is 0 Å². The molecule has 0 aliphatic carbocycles. The summed E-state index contributed by atoms with van der Waals surface area (Å²) < 4.78 is 0.423. The normalized spacial score (nSPS) is 12.1. The van der Waals surface area contributed by atoms with E-state index in [1.807, 2.05) is 28.7 Å². The Bertz CT molecular complexity index is 397. The molecule has 0 aliphatic heterocycles. The monoisotopic (exact) mass is 309 g/mol. The molecule has 4 nitrogen and oxygen atoms in total. The minimum atomic E-state index is -0.518. The van der Waals surface area contributed by atoms with E-state index in [2.05, 4.69) is 9.97 Å². The standard InChI is InChI=1S/C7H5ClIN3O/c8-1-4(2-10)6-5(9)7(13)12-3-11-6/h3-4H,1H2,(H,11,12,13). The zero-order valence-electron chi connectivity index (χ0n) is 6.42. The molecular formula is C7H5ClIN3O. The van der Waals surface area contributed by atoms with E-state index in [1.165, 1.54) is 6.33 Å². The SMILES string of the molecule is N#CC(CCl)c1nc[nH]c(=O)c1I. The van der Waals surface area contributed by atoms with Crippen molar-refractivity contribution in [1.82, 2.24) is 9.97 Å². The predicted octanol–water partition coefficient (Wildman–Crippen LogP) is 1.22. The van der Waals surface area contributed by atoms with Crippen molar-refractivity contribution in [2.45, 2.75) is 5.92 Å². The summed E-state index contributed by atoms with van der Waals surface area (Å²) in [5.41, 5.74) is 0.206. The van der Waals surface area contributed by atoms with Crippen LogP contribution in [0.5, 0.6) is 0 Å². The van der Waals surface area contributed by atoms with Gasteiger partial charge in [0.2, 0.25) is 0 Å². The highest BCUT2D eigenvalue weighted by Gasteiger charge is 2.15. The highest BCUT2D eigenvalue weighted by Crippen LogP contribution is 2.16. The number of hydrogen-bond acceptors (Lipinski definition) is 3. The fraction of sp³-hybridized carbons (Fsp3) is 0.286. The van der Waals surface area contributed by atoms with E-state index in [-0.39, 0.29) is 11.4 Å². The maximum Gasteiger partial charge on any atom is 0.264 e. The summed E-state index contributed by atoms with van der Waals surface area (Å²) in [6, 6.07) is 1.98. The molecule has 1 unspecified atom stereocenters. The smallest absolute Gasteiger partial charge is 0.264 e. The van der Waals surface area contributed by atoms with Crippen LogP contribution >= 0.6 is 34.2 Å². The molecule has 1 aromatic rings. The van der Waals surface area contributed by atoms with E-state index < -0.39 is 5.92 Å². The van der Waals surface area contributed by atoms with E-state index in [4.69, 9.17) is 16.9 Å². The molecule has 1 aromatic heterocycles. The summed E-state index contributed by atoms with van der Waals surface area (Å²) in [6.45, 7) is 0. The van der Waals surface area contributed by atoms with Gasteiger partial charge in [0.05, 0.1) is 18.1 Å². The van der Waals surface area contributed by atoms with E-state index in [0.717, 1.165) is 0 Å². The summed E-state index contributed by atoms with van der Waals surface area (Å²) in [6.07, 6.45) is 1.27. The topological polar surface area (TPSA) is 69.5 Å². The number of nitrogens with zero attached hydrogens (tertiary/aromatic N) is 2. The largest absolute Gasteiger partial charge is 0.312 e. The number of nitrogens with one attached hydrogen (secondary N) is 1. The van der Waals surface area contributed by atoms with E-state index in [0.29, 0.717) is 9.26 Å². The van der Waals surface area contributed by atoms with Crippen LogP contribution in [0.3, 0.4) is 0 Å². The van der Waals surface area contributed by atoms with Crippen molar-refractivity contribution in [3.8, 4) is 6.07 Å². The maximum atomic E-state index is 11.1. The van der Waals surface area contributed by atoms with Crippen molar-refractivity contribution in [2.75, 3.05) is 5.88 Å². The Hall–Kier alpha value is -0.610. The molecule has 0 saturated heterocycles. The number of H-pyrrole nitrogens is 1. The number of nitriles is 1. The van der Waals surface area contributed by atoms with Gasteiger partial charge in [0.1, 0.15) is 9.49 Å². The van der Waals surface area contributed by atoms with Crippen LogP contribution in [0, 0.1) is 14.9 Å². The Balaban J connectivity index is 3.23. The molecular weight excluding hydrogens is 304 g/mol. The number of rotatable bonds is 2. The van der Waals surface area contributed by atoms with Crippen LogP contribution in [0.25, 0.3) is 0 Å². The Morgan fingerprint density at radius 3 is 3.08 bits per heavy atom. The number of alkyl halides is 1. The molecule has 0 bridgehead atoms. The van der Waals surface area contributed by atoms with Crippen molar-refractivity contribution in [2.24, 2.45) is 0 Å². The van der Waals surface area contributed by atoms with Gasteiger partial charge in [-0.2, -0.15) is 5.26 Å². The Kier molecular flexibility index (Phi) is 3.69. The van der Waals surface area contributed by atoms with Crippen LogP contribution in [0.15, 0.2) is 11.1 Å². The molecule has 0 radical (unpaired) electrons. The molecule has 1 heterocycles. The third kappa shape index (κ3) is 2.19. The molecule has 0 fully saturated rings. The van der Waals surface area contributed by atoms with E-state index >= 15 is 0 Å². The number of halogens is 2. The average molecular weight is 309 g/mol. The molecule has 0 amide bonds. The quantitative estimate of drug-likeness (QED) is 0.660. The highest BCUT2D eigenvalue weighted by molar-refractivity contribution is 14.1. The van der Waals surface area contributed by atoms with Crippen LogP contribution in [0.1, 0.15) is 11.6 Å². The van der Waals surface area contributed by atoms with Crippen LogP contribution in [-0.4, -0.2) is 15.8 Å². The van der Waals surface area contributed by atoms with Gasteiger partial charge in [0, 0.05) is 5.88 Å². The van der Waals surface area contributed by atoms with Crippen LogP contribution < -0.4 is 5.56 Å². The minimum absolute atomic E-state index is 0.142. The third-order valence-corrected chi connectivity index (χ3v) is 2.81. The first-order valence-electron chi connectivity index (χ1n) is 3.39. The molecule has 1 atom stereocenters. The van der Waals surface area contributed by atoms with Crippen LogP contribution in [-0.2, 0) is 0 Å². The molecule has 0 saturated carbocycles. The van der Waals surface area contributed by atoms with Gasteiger partial charge >= 0.3 is 0 Å². The Morgan fingerprint density at radius 2 is 2.54 bits per heavy atom. The van der Waals surface area contributed by atoms with Crippen molar-refractivity contribution < 1.29 is 0 Å². The first-order chi connectivity index (χ1) is 6.20. The third-order valence-electron chi connectivity index (χ3n) is 1.46. The van der Waals surface area contributed by atoms with Crippen molar-refractivity contribution in [1.29, 1.82) is 5.26 Å². The van der Waals surface area contributed by atoms with Crippen molar-refractivity contribution in [3.63, 3.8) is 0 Å². The second-order valence-corrected chi connectivity index (χ2v) is 3.65. The lowest BCUT2D eigenvalue weighted by Crippen LogP contribution is -2.16. The Morgan fingerprint density at radius 1 is 1.85 bits per heavy atom. The number of aromatic amines is 1. The molecule has 1 rings (SSSR count). The number of aromatic nitrogens is 2. The van der Waals surface area contributed by atoms with Gasteiger partial charge in [-0.1, -0.05) is 0 Å². The molecule has 13 heavy (non-hydrogen) atoms. The first kappa shape index (κ1) is 10.5. The zero-order valence-corrected chi connectivity index (χ0v) is 9.33. The zero-order chi connectivity index (χ0) is 9.84. The van der Waals surface area contributed by atoms with Crippen molar-refractivity contribution in [3.05, 3.63) is 25.9 Å². The fourth-order valence-corrected chi connectivity index (χ4v) is 1.69. The molecule has 0 aliphatic rings. The van der Waals surface area contributed by atoms with Gasteiger partial charge in [-0.05, 0) is 22.6 Å². The molecule has 1 N–H and O–H groups in total.